The van der Waals surface area contributed by atoms with E-state index in [1.165, 1.54) is 12.8 Å². The second kappa shape index (κ2) is 5.69. The molecule has 1 saturated carbocycles. The molecule has 1 fully saturated rings. The van der Waals surface area contributed by atoms with E-state index in [-0.39, 0.29) is 0 Å². The summed E-state index contributed by atoms with van der Waals surface area (Å²) in [6, 6.07) is 8.77. The van der Waals surface area contributed by atoms with Crippen molar-refractivity contribution in [2.24, 2.45) is 5.92 Å². The molecule has 0 heterocycles. The van der Waals surface area contributed by atoms with Gasteiger partial charge in [-0.15, -0.1) is 0 Å². The lowest BCUT2D eigenvalue weighted by molar-refractivity contribution is 0.255. The monoisotopic (exact) mass is 283 g/mol. The van der Waals surface area contributed by atoms with Gasteiger partial charge in [-0.3, -0.25) is 0 Å². The van der Waals surface area contributed by atoms with E-state index in [1.807, 2.05) is 24.3 Å². The molecule has 1 unspecified atom stereocenters. The first-order valence-electron chi connectivity index (χ1n) is 5.86. The van der Waals surface area contributed by atoms with Crippen LogP contribution in [0.15, 0.2) is 28.7 Å². The van der Waals surface area contributed by atoms with Crippen LogP contribution in [0.3, 0.4) is 0 Å². The van der Waals surface area contributed by atoms with Gasteiger partial charge in [0, 0.05) is 23.0 Å². The summed E-state index contributed by atoms with van der Waals surface area (Å²) in [6.07, 6.45) is 2.70. The van der Waals surface area contributed by atoms with E-state index < -0.39 is 0 Å². The fraction of sp³-hybridized carbons (Fsp3) is 0.538. The number of hydrogen-bond donors (Lipinski definition) is 1. The van der Waals surface area contributed by atoms with Crippen LogP contribution in [-0.4, -0.2) is 19.2 Å². The third-order valence-corrected chi connectivity index (χ3v) is 3.21. The summed E-state index contributed by atoms with van der Waals surface area (Å²) in [4.78, 5) is 0. The Kier molecular flexibility index (Phi) is 4.24. The van der Waals surface area contributed by atoms with E-state index in [2.05, 4.69) is 28.2 Å². The van der Waals surface area contributed by atoms with Crippen molar-refractivity contribution in [2.45, 2.75) is 25.8 Å². The van der Waals surface area contributed by atoms with Crippen LogP contribution in [0.2, 0.25) is 0 Å². The Balaban J connectivity index is 1.67. The molecule has 1 N–H and O–H groups in total. The van der Waals surface area contributed by atoms with Gasteiger partial charge in [-0.2, -0.15) is 0 Å². The molecule has 16 heavy (non-hydrogen) atoms. The molecular weight excluding hydrogens is 266 g/mol. The fourth-order valence-electron chi connectivity index (χ4n) is 1.48. The van der Waals surface area contributed by atoms with Crippen molar-refractivity contribution in [3.05, 3.63) is 28.7 Å². The van der Waals surface area contributed by atoms with Crippen LogP contribution in [0, 0.1) is 5.92 Å². The number of nitrogens with one attached hydrogen (secondary N) is 1. The standard InChI is InChI=1S/C13H18BrNO/c1-10(8-15-12-4-5-12)9-16-13-6-2-11(14)3-7-13/h2-3,6-7,10,12,15H,4-5,8-9H2,1H3. The topological polar surface area (TPSA) is 21.3 Å². The Morgan fingerprint density at radius 3 is 2.69 bits per heavy atom. The van der Waals surface area contributed by atoms with Crippen LogP contribution in [0.4, 0.5) is 0 Å². The second-order valence-electron chi connectivity index (χ2n) is 4.55. The van der Waals surface area contributed by atoms with Crippen molar-refractivity contribution in [1.82, 2.24) is 5.32 Å². The molecule has 1 aromatic rings. The second-order valence-corrected chi connectivity index (χ2v) is 5.47. The number of hydrogen-bond acceptors (Lipinski definition) is 2. The summed E-state index contributed by atoms with van der Waals surface area (Å²) in [6.45, 7) is 4.05. The molecule has 0 amide bonds. The lowest BCUT2D eigenvalue weighted by Crippen LogP contribution is -2.26. The highest BCUT2D eigenvalue weighted by molar-refractivity contribution is 9.10. The van der Waals surface area contributed by atoms with Crippen molar-refractivity contribution in [2.75, 3.05) is 13.2 Å². The average molecular weight is 284 g/mol. The molecule has 0 radical (unpaired) electrons. The number of ether oxygens (including phenoxy) is 1. The van der Waals surface area contributed by atoms with Crippen molar-refractivity contribution in [3.8, 4) is 5.75 Å². The molecule has 1 aromatic carbocycles. The van der Waals surface area contributed by atoms with Gasteiger partial charge in [0.2, 0.25) is 0 Å². The van der Waals surface area contributed by atoms with Gasteiger partial charge >= 0.3 is 0 Å². The van der Waals surface area contributed by atoms with Crippen molar-refractivity contribution < 1.29 is 4.74 Å². The van der Waals surface area contributed by atoms with Crippen molar-refractivity contribution in [3.63, 3.8) is 0 Å². The first-order chi connectivity index (χ1) is 7.74. The normalized spacial score (nSPS) is 17.1. The van der Waals surface area contributed by atoms with E-state index in [0.29, 0.717) is 5.92 Å². The molecule has 1 aliphatic carbocycles. The van der Waals surface area contributed by atoms with Crippen LogP contribution in [0.1, 0.15) is 19.8 Å². The Morgan fingerprint density at radius 1 is 1.38 bits per heavy atom. The van der Waals surface area contributed by atoms with Gasteiger partial charge in [-0.05, 0) is 37.1 Å². The quantitative estimate of drug-likeness (QED) is 0.866. The van der Waals surface area contributed by atoms with Gasteiger partial charge in [0.25, 0.3) is 0 Å². The Morgan fingerprint density at radius 2 is 2.06 bits per heavy atom. The molecule has 0 bridgehead atoms. The van der Waals surface area contributed by atoms with Crippen LogP contribution in [0.5, 0.6) is 5.75 Å². The molecular formula is C13H18BrNO. The summed E-state index contributed by atoms with van der Waals surface area (Å²) in [5.74, 6) is 1.51. The Bertz CT molecular complexity index is 321. The number of rotatable bonds is 6. The van der Waals surface area contributed by atoms with Crippen LogP contribution in [-0.2, 0) is 0 Å². The number of benzene rings is 1. The molecule has 2 nitrogen and oxygen atoms in total. The van der Waals surface area contributed by atoms with E-state index in [4.69, 9.17) is 4.74 Å². The maximum atomic E-state index is 5.71. The minimum Gasteiger partial charge on any atom is -0.493 e. The molecule has 88 valence electrons. The highest BCUT2D eigenvalue weighted by Crippen LogP contribution is 2.19. The van der Waals surface area contributed by atoms with Gasteiger partial charge in [-0.1, -0.05) is 22.9 Å². The molecule has 2 rings (SSSR count). The smallest absolute Gasteiger partial charge is 0.119 e. The van der Waals surface area contributed by atoms with Crippen LogP contribution >= 0.6 is 15.9 Å². The van der Waals surface area contributed by atoms with Crippen LogP contribution in [0.25, 0.3) is 0 Å². The predicted octanol–water partition coefficient (Wildman–Crippen LogP) is 3.22. The molecule has 0 spiro atoms. The zero-order valence-electron chi connectivity index (χ0n) is 9.58. The zero-order chi connectivity index (χ0) is 11.4. The minimum atomic E-state index is 0.559. The first kappa shape index (κ1) is 11.9. The largest absolute Gasteiger partial charge is 0.493 e. The van der Waals surface area contributed by atoms with Gasteiger partial charge < -0.3 is 10.1 Å². The number of halogens is 1. The predicted molar refractivity (Wildman–Crippen MR) is 69.8 cm³/mol. The van der Waals surface area contributed by atoms with E-state index in [1.54, 1.807) is 0 Å². The summed E-state index contributed by atoms with van der Waals surface area (Å²) in [7, 11) is 0. The molecule has 0 aliphatic heterocycles. The first-order valence-corrected chi connectivity index (χ1v) is 6.65. The van der Waals surface area contributed by atoms with Gasteiger partial charge in [0.15, 0.2) is 0 Å². The lowest BCUT2D eigenvalue weighted by Gasteiger charge is -2.13. The molecule has 0 saturated heterocycles. The Labute approximate surface area is 106 Å². The average Bonchev–Trinajstić information content (AvgIpc) is 3.09. The van der Waals surface area contributed by atoms with Gasteiger partial charge in [-0.25, -0.2) is 0 Å². The van der Waals surface area contributed by atoms with Crippen LogP contribution < -0.4 is 10.1 Å². The summed E-state index contributed by atoms with van der Waals surface area (Å²) in [5, 5.41) is 3.51. The maximum absolute atomic E-state index is 5.71. The lowest BCUT2D eigenvalue weighted by atomic mass is 10.2. The van der Waals surface area contributed by atoms with E-state index in [0.717, 1.165) is 29.4 Å². The Hall–Kier alpha value is -0.540. The summed E-state index contributed by atoms with van der Waals surface area (Å²) >= 11 is 3.41. The highest BCUT2D eigenvalue weighted by Gasteiger charge is 2.20. The third kappa shape index (κ3) is 4.14. The fourth-order valence-corrected chi connectivity index (χ4v) is 1.75. The van der Waals surface area contributed by atoms with Crippen molar-refractivity contribution >= 4 is 15.9 Å². The van der Waals surface area contributed by atoms with Gasteiger partial charge in [0.1, 0.15) is 5.75 Å². The summed E-state index contributed by atoms with van der Waals surface area (Å²) in [5.41, 5.74) is 0. The zero-order valence-corrected chi connectivity index (χ0v) is 11.2. The van der Waals surface area contributed by atoms with E-state index >= 15 is 0 Å². The van der Waals surface area contributed by atoms with Crippen molar-refractivity contribution in [1.29, 1.82) is 0 Å². The minimum absolute atomic E-state index is 0.559. The maximum Gasteiger partial charge on any atom is 0.119 e. The van der Waals surface area contributed by atoms with E-state index in [9.17, 15) is 0 Å². The molecule has 1 aliphatic rings. The van der Waals surface area contributed by atoms with Gasteiger partial charge in [0.05, 0.1) is 6.61 Å². The molecule has 3 heteroatoms. The molecule has 0 aromatic heterocycles. The molecule has 1 atom stereocenters. The highest BCUT2D eigenvalue weighted by atomic mass is 79.9. The SMILES string of the molecule is CC(CNC1CC1)COc1ccc(Br)cc1. The third-order valence-electron chi connectivity index (χ3n) is 2.68. The summed E-state index contributed by atoms with van der Waals surface area (Å²) < 4.78 is 6.80.